The van der Waals surface area contributed by atoms with E-state index in [9.17, 15) is 4.79 Å². The molecule has 0 N–H and O–H groups in total. The van der Waals surface area contributed by atoms with Crippen molar-refractivity contribution in [3.05, 3.63) is 12.3 Å². The van der Waals surface area contributed by atoms with Gasteiger partial charge in [0.25, 0.3) is 0 Å². The Morgan fingerprint density at radius 1 is 1.80 bits per heavy atom. The van der Waals surface area contributed by atoms with Gasteiger partial charge in [-0.25, -0.2) is 0 Å². The molecular weight excluding hydrogens is 146 g/mol. The summed E-state index contributed by atoms with van der Waals surface area (Å²) in [6, 6.07) is 0. The highest BCUT2D eigenvalue weighted by Crippen LogP contribution is 2.36. The van der Waals surface area contributed by atoms with Gasteiger partial charge in [0.2, 0.25) is 5.91 Å². The Hall–Kier alpha value is -0.440. The number of thioether (sulfide) groups is 1. The van der Waals surface area contributed by atoms with Crippen LogP contribution in [0.2, 0.25) is 0 Å². The van der Waals surface area contributed by atoms with Gasteiger partial charge in [-0.3, -0.25) is 4.79 Å². The number of fused-ring (bicyclic) bond motifs is 1. The van der Waals surface area contributed by atoms with Crippen molar-refractivity contribution in [2.45, 2.75) is 24.0 Å². The van der Waals surface area contributed by atoms with Crippen LogP contribution in [0.1, 0.15) is 13.3 Å². The molecule has 0 bridgehead atoms. The lowest BCUT2D eigenvalue weighted by molar-refractivity contribution is -0.137. The second-order valence-electron chi connectivity index (χ2n) is 2.64. The van der Waals surface area contributed by atoms with E-state index in [1.165, 1.54) is 0 Å². The summed E-state index contributed by atoms with van der Waals surface area (Å²) >= 11 is 1.86. The number of carbonyl (C=O) groups excluding carboxylic acids is 1. The van der Waals surface area contributed by atoms with Crippen molar-refractivity contribution < 1.29 is 4.79 Å². The number of β-lactam (4-membered cyclic amide) rings is 1. The van der Waals surface area contributed by atoms with Gasteiger partial charge >= 0.3 is 0 Å². The summed E-state index contributed by atoms with van der Waals surface area (Å²) in [7, 11) is 0. The molecule has 1 saturated heterocycles. The van der Waals surface area contributed by atoms with Crippen molar-refractivity contribution in [1.29, 1.82) is 0 Å². The lowest BCUT2D eigenvalue weighted by Gasteiger charge is -2.41. The highest BCUT2D eigenvalue weighted by atomic mass is 32.2. The highest BCUT2D eigenvalue weighted by Gasteiger charge is 2.37. The average Bonchev–Trinajstić information content (AvgIpc) is 1.86. The third-order valence-electron chi connectivity index (χ3n) is 1.84. The zero-order valence-electron chi connectivity index (χ0n) is 5.78. The maximum Gasteiger partial charge on any atom is 0.230 e. The van der Waals surface area contributed by atoms with Crippen LogP contribution in [0.5, 0.6) is 0 Å². The van der Waals surface area contributed by atoms with Crippen LogP contribution >= 0.6 is 11.8 Å². The predicted octanol–water partition coefficient (Wildman–Crippen LogP) is 1.19. The van der Waals surface area contributed by atoms with Crippen LogP contribution in [0.3, 0.4) is 0 Å². The van der Waals surface area contributed by atoms with Crippen LogP contribution in [0.25, 0.3) is 0 Å². The van der Waals surface area contributed by atoms with Crippen LogP contribution in [0.15, 0.2) is 12.3 Å². The van der Waals surface area contributed by atoms with Crippen LogP contribution in [-0.4, -0.2) is 21.4 Å². The molecule has 54 valence electrons. The Morgan fingerprint density at radius 3 is 3.20 bits per heavy atom. The Labute approximate surface area is 64.3 Å². The first-order chi connectivity index (χ1) is 4.77. The van der Waals surface area contributed by atoms with E-state index >= 15 is 0 Å². The second kappa shape index (κ2) is 2.02. The molecule has 2 aliphatic rings. The number of carbonyl (C=O) groups is 1. The largest absolute Gasteiger partial charge is 0.306 e. The molecule has 0 radical (unpaired) electrons. The van der Waals surface area contributed by atoms with Crippen LogP contribution in [-0.2, 0) is 4.79 Å². The molecule has 0 aromatic carbocycles. The fourth-order valence-corrected chi connectivity index (χ4v) is 2.42. The highest BCUT2D eigenvalue weighted by molar-refractivity contribution is 8.00. The molecule has 2 rings (SSSR count). The van der Waals surface area contributed by atoms with Gasteiger partial charge in [0.15, 0.2) is 0 Å². The summed E-state index contributed by atoms with van der Waals surface area (Å²) < 4.78 is 0. The van der Waals surface area contributed by atoms with E-state index in [-0.39, 0.29) is 5.91 Å². The number of rotatable bonds is 0. The van der Waals surface area contributed by atoms with E-state index < -0.39 is 0 Å². The molecule has 2 heterocycles. The fourth-order valence-electron chi connectivity index (χ4n) is 1.20. The quantitative estimate of drug-likeness (QED) is 0.490. The minimum absolute atomic E-state index is 0.264. The maximum absolute atomic E-state index is 10.8. The Morgan fingerprint density at radius 2 is 2.60 bits per heavy atom. The number of hydrogen-bond acceptors (Lipinski definition) is 2. The van der Waals surface area contributed by atoms with Crippen molar-refractivity contribution in [1.82, 2.24) is 4.90 Å². The first-order valence-electron chi connectivity index (χ1n) is 3.42. The van der Waals surface area contributed by atoms with Gasteiger partial charge in [-0.15, -0.1) is 11.8 Å². The molecule has 2 atom stereocenters. The first-order valence-corrected chi connectivity index (χ1v) is 4.36. The number of nitrogens with zero attached hydrogens (tertiary/aromatic N) is 1. The predicted molar refractivity (Wildman–Crippen MR) is 41.4 cm³/mol. The van der Waals surface area contributed by atoms with Crippen molar-refractivity contribution in [3.63, 3.8) is 0 Å². The van der Waals surface area contributed by atoms with E-state index in [0.29, 0.717) is 10.6 Å². The summed E-state index contributed by atoms with van der Waals surface area (Å²) in [6.45, 7) is 2.15. The summed E-state index contributed by atoms with van der Waals surface area (Å²) in [4.78, 5) is 12.6. The monoisotopic (exact) mass is 155 g/mol. The van der Waals surface area contributed by atoms with E-state index in [0.717, 1.165) is 6.42 Å². The minimum atomic E-state index is 0.264. The molecule has 3 heteroatoms. The zero-order chi connectivity index (χ0) is 7.14. The van der Waals surface area contributed by atoms with Gasteiger partial charge < -0.3 is 4.90 Å². The third-order valence-corrected chi connectivity index (χ3v) is 3.13. The molecule has 0 spiro atoms. The maximum atomic E-state index is 10.8. The minimum Gasteiger partial charge on any atom is -0.306 e. The lowest BCUT2D eigenvalue weighted by atomic mass is 10.2. The van der Waals surface area contributed by atoms with Gasteiger partial charge in [-0.1, -0.05) is 6.08 Å². The summed E-state index contributed by atoms with van der Waals surface area (Å²) in [6.07, 6.45) is 4.72. The molecule has 0 aromatic heterocycles. The molecule has 0 unspecified atom stereocenters. The average molecular weight is 155 g/mol. The Kier molecular flexibility index (Phi) is 1.27. The van der Waals surface area contributed by atoms with Crippen molar-refractivity contribution in [3.8, 4) is 0 Å². The molecule has 2 aliphatic heterocycles. The molecule has 10 heavy (non-hydrogen) atoms. The molecule has 0 saturated carbocycles. The van der Waals surface area contributed by atoms with Gasteiger partial charge in [0, 0.05) is 11.4 Å². The number of amides is 1. The van der Waals surface area contributed by atoms with Gasteiger partial charge in [0.1, 0.15) is 0 Å². The molecule has 2 nitrogen and oxygen atoms in total. The third kappa shape index (κ3) is 0.770. The van der Waals surface area contributed by atoms with Crippen LogP contribution in [0.4, 0.5) is 0 Å². The van der Waals surface area contributed by atoms with Crippen LogP contribution < -0.4 is 0 Å². The van der Waals surface area contributed by atoms with Gasteiger partial charge in [-0.05, 0) is 6.92 Å². The van der Waals surface area contributed by atoms with Gasteiger partial charge in [-0.2, -0.15) is 0 Å². The topological polar surface area (TPSA) is 20.3 Å². The summed E-state index contributed by atoms with van der Waals surface area (Å²) in [5, 5.41) is 1.03. The Balaban J connectivity index is 2.14. The smallest absolute Gasteiger partial charge is 0.230 e. The summed E-state index contributed by atoms with van der Waals surface area (Å²) in [5.41, 5.74) is 0. The van der Waals surface area contributed by atoms with Crippen molar-refractivity contribution in [2.75, 3.05) is 0 Å². The standard InChI is InChI=1S/C7H9NOS/c1-5-2-3-8-6(9)4-7(8)10-5/h2-3,5,7H,4H2,1H3/t5-,7-/m1/s1. The second-order valence-corrected chi connectivity index (χ2v) is 4.20. The zero-order valence-corrected chi connectivity index (χ0v) is 6.60. The van der Waals surface area contributed by atoms with Crippen LogP contribution in [0, 0.1) is 0 Å². The fraction of sp³-hybridized carbons (Fsp3) is 0.571. The molecule has 1 amide bonds. The first kappa shape index (κ1) is 6.28. The van der Waals surface area contributed by atoms with Gasteiger partial charge in [0.05, 0.1) is 11.8 Å². The molecule has 0 aliphatic carbocycles. The normalized spacial score (nSPS) is 37.3. The van der Waals surface area contributed by atoms with E-state index in [2.05, 4.69) is 13.0 Å². The van der Waals surface area contributed by atoms with Crippen molar-refractivity contribution in [2.24, 2.45) is 0 Å². The van der Waals surface area contributed by atoms with E-state index in [4.69, 9.17) is 0 Å². The number of hydrogen-bond donors (Lipinski definition) is 0. The molecule has 1 fully saturated rings. The SMILES string of the molecule is C[C@@H]1C=CN2C(=O)C[C@H]2S1. The van der Waals surface area contributed by atoms with E-state index in [1.54, 1.807) is 0 Å². The lowest BCUT2D eigenvalue weighted by Crippen LogP contribution is -2.49. The molecular formula is C7H9NOS. The van der Waals surface area contributed by atoms with Crippen molar-refractivity contribution >= 4 is 17.7 Å². The van der Waals surface area contributed by atoms with E-state index in [1.807, 2.05) is 22.9 Å². The summed E-state index contributed by atoms with van der Waals surface area (Å²) in [5.74, 6) is 0.264. The molecule has 0 aromatic rings. The Bertz CT molecular complexity index is 202.